The van der Waals surface area contributed by atoms with Crippen molar-refractivity contribution in [2.45, 2.75) is 19.3 Å². The average Bonchev–Trinajstić information content (AvgIpc) is 2.13. The van der Waals surface area contributed by atoms with Crippen LogP contribution >= 0.6 is 0 Å². The molecule has 0 fully saturated rings. The standard InChI is InChI=1S/C10H14O3S.Na/c11-14(12,13)9-5-4-8-10-6-2-1-3-7-10;/h1-3,6-7H,4-5,8-9H2,(H,11,12,13);/q;+1/p-1. The van der Waals surface area contributed by atoms with Crippen molar-refractivity contribution < 1.29 is 42.5 Å². The van der Waals surface area contributed by atoms with E-state index in [0.29, 0.717) is 6.42 Å². The summed E-state index contributed by atoms with van der Waals surface area (Å²) in [7, 11) is -4.03. The Hall–Kier alpha value is 0.130. The second kappa shape index (κ2) is 7.41. The summed E-state index contributed by atoms with van der Waals surface area (Å²) in [5.74, 6) is -0.250. The second-order valence-electron chi connectivity index (χ2n) is 3.20. The van der Waals surface area contributed by atoms with Crippen LogP contribution in [-0.4, -0.2) is 18.7 Å². The fraction of sp³-hybridized carbons (Fsp3) is 0.400. The van der Waals surface area contributed by atoms with Crippen molar-refractivity contribution in [2.75, 3.05) is 5.75 Å². The maximum Gasteiger partial charge on any atom is 1.00 e. The van der Waals surface area contributed by atoms with Crippen molar-refractivity contribution in [3.63, 3.8) is 0 Å². The minimum atomic E-state index is -4.03. The molecule has 0 heterocycles. The Bertz CT molecular complexity index is 362. The molecule has 0 aliphatic carbocycles. The summed E-state index contributed by atoms with van der Waals surface area (Å²) in [4.78, 5) is 0. The Morgan fingerprint density at radius 3 is 2.20 bits per heavy atom. The zero-order chi connectivity index (χ0) is 10.4. The smallest absolute Gasteiger partial charge is 0.748 e. The third-order valence-corrected chi connectivity index (χ3v) is 2.74. The second-order valence-corrected chi connectivity index (χ2v) is 4.73. The molecule has 0 aliphatic heterocycles. The van der Waals surface area contributed by atoms with Gasteiger partial charge in [-0.2, -0.15) is 0 Å². The number of benzene rings is 1. The summed E-state index contributed by atoms with van der Waals surface area (Å²) in [6.07, 6.45) is 2.02. The SMILES string of the molecule is O=S(=O)([O-])CCCCc1ccccc1.[Na+]. The Balaban J connectivity index is 0.00000196. The van der Waals surface area contributed by atoms with Crippen LogP contribution in [-0.2, 0) is 16.5 Å². The van der Waals surface area contributed by atoms with Crippen molar-refractivity contribution in [2.24, 2.45) is 0 Å². The maximum absolute atomic E-state index is 10.3. The Morgan fingerprint density at radius 1 is 1.07 bits per heavy atom. The molecule has 1 rings (SSSR count). The molecule has 1 aromatic rings. The van der Waals surface area contributed by atoms with E-state index in [1.807, 2.05) is 30.3 Å². The number of hydrogen-bond donors (Lipinski definition) is 0. The van der Waals surface area contributed by atoms with Gasteiger partial charge < -0.3 is 4.55 Å². The molecular formula is C10H13NaO3S. The number of hydrogen-bond acceptors (Lipinski definition) is 3. The fourth-order valence-corrected chi connectivity index (χ4v) is 1.81. The summed E-state index contributed by atoms with van der Waals surface area (Å²) in [5, 5.41) is 0. The summed E-state index contributed by atoms with van der Waals surface area (Å²) >= 11 is 0. The number of aryl methyl sites for hydroxylation is 1. The van der Waals surface area contributed by atoms with Crippen LogP contribution in [0.5, 0.6) is 0 Å². The summed E-state index contributed by atoms with van der Waals surface area (Å²) in [6.45, 7) is 0. The van der Waals surface area contributed by atoms with Crippen LogP contribution in [0.15, 0.2) is 30.3 Å². The van der Waals surface area contributed by atoms with Gasteiger partial charge in [0.15, 0.2) is 0 Å². The average molecular weight is 236 g/mol. The van der Waals surface area contributed by atoms with Crippen LogP contribution in [0.25, 0.3) is 0 Å². The monoisotopic (exact) mass is 236 g/mol. The zero-order valence-corrected chi connectivity index (χ0v) is 11.7. The summed E-state index contributed by atoms with van der Waals surface area (Å²) in [6, 6.07) is 9.81. The van der Waals surface area contributed by atoms with Crippen molar-refractivity contribution in [3.8, 4) is 0 Å². The van der Waals surface area contributed by atoms with E-state index in [0.717, 1.165) is 12.8 Å². The van der Waals surface area contributed by atoms with Gasteiger partial charge in [0.2, 0.25) is 0 Å². The van der Waals surface area contributed by atoms with Gasteiger partial charge in [-0.15, -0.1) is 0 Å². The van der Waals surface area contributed by atoms with Crippen LogP contribution in [0.4, 0.5) is 0 Å². The van der Waals surface area contributed by atoms with Crippen molar-refractivity contribution in [1.82, 2.24) is 0 Å². The molecule has 0 N–H and O–H groups in total. The minimum Gasteiger partial charge on any atom is -0.748 e. The first-order valence-electron chi connectivity index (χ1n) is 4.55. The summed E-state index contributed by atoms with van der Waals surface area (Å²) < 4.78 is 30.9. The van der Waals surface area contributed by atoms with E-state index in [1.54, 1.807) is 0 Å². The van der Waals surface area contributed by atoms with E-state index in [9.17, 15) is 13.0 Å². The van der Waals surface area contributed by atoms with Gasteiger partial charge in [-0.25, -0.2) is 8.42 Å². The van der Waals surface area contributed by atoms with E-state index in [-0.39, 0.29) is 35.3 Å². The topological polar surface area (TPSA) is 57.2 Å². The zero-order valence-electron chi connectivity index (χ0n) is 8.85. The molecule has 0 saturated carbocycles. The van der Waals surface area contributed by atoms with Gasteiger partial charge in [-0.05, 0) is 24.8 Å². The number of unbranched alkanes of at least 4 members (excludes halogenated alkanes) is 1. The molecule has 3 nitrogen and oxygen atoms in total. The molecule has 5 heteroatoms. The molecule has 15 heavy (non-hydrogen) atoms. The molecular weight excluding hydrogens is 223 g/mol. The molecule has 0 saturated heterocycles. The molecule has 78 valence electrons. The fourth-order valence-electron chi connectivity index (χ4n) is 1.25. The van der Waals surface area contributed by atoms with Gasteiger partial charge >= 0.3 is 29.6 Å². The third kappa shape index (κ3) is 7.99. The van der Waals surface area contributed by atoms with Gasteiger partial charge in [0, 0.05) is 5.75 Å². The third-order valence-electron chi connectivity index (χ3n) is 1.95. The quantitative estimate of drug-likeness (QED) is 0.357. The van der Waals surface area contributed by atoms with Gasteiger partial charge in [0.1, 0.15) is 0 Å². The first-order chi connectivity index (χ1) is 6.58. The van der Waals surface area contributed by atoms with Gasteiger partial charge in [0.05, 0.1) is 10.1 Å². The van der Waals surface area contributed by atoms with Crippen LogP contribution in [0, 0.1) is 0 Å². The van der Waals surface area contributed by atoms with Gasteiger partial charge in [-0.3, -0.25) is 0 Å². The van der Waals surface area contributed by atoms with Gasteiger partial charge in [0.25, 0.3) is 0 Å². The molecule has 0 unspecified atom stereocenters. The molecule has 0 aromatic heterocycles. The molecule has 0 amide bonds. The molecule has 0 atom stereocenters. The normalized spacial score (nSPS) is 10.7. The molecule has 0 radical (unpaired) electrons. The van der Waals surface area contributed by atoms with Gasteiger partial charge in [-0.1, -0.05) is 30.3 Å². The van der Waals surface area contributed by atoms with E-state index < -0.39 is 10.1 Å². The maximum atomic E-state index is 10.3. The van der Waals surface area contributed by atoms with Crippen LogP contribution in [0.3, 0.4) is 0 Å². The Morgan fingerprint density at radius 2 is 1.67 bits per heavy atom. The van der Waals surface area contributed by atoms with Crippen LogP contribution in [0.1, 0.15) is 18.4 Å². The van der Waals surface area contributed by atoms with E-state index in [2.05, 4.69) is 0 Å². The summed E-state index contributed by atoms with van der Waals surface area (Å²) in [5.41, 5.74) is 1.18. The van der Waals surface area contributed by atoms with E-state index in [4.69, 9.17) is 0 Å². The van der Waals surface area contributed by atoms with E-state index in [1.165, 1.54) is 5.56 Å². The molecule has 0 bridgehead atoms. The van der Waals surface area contributed by atoms with Crippen molar-refractivity contribution in [1.29, 1.82) is 0 Å². The Labute approximate surface area is 113 Å². The number of rotatable bonds is 5. The van der Waals surface area contributed by atoms with Crippen LogP contribution in [0.2, 0.25) is 0 Å². The molecule has 1 aromatic carbocycles. The minimum absolute atomic E-state index is 0. The van der Waals surface area contributed by atoms with E-state index >= 15 is 0 Å². The largest absolute Gasteiger partial charge is 1.00 e. The Kier molecular flexibility index (Phi) is 7.48. The van der Waals surface area contributed by atoms with Crippen molar-refractivity contribution >= 4 is 10.1 Å². The predicted octanol–water partition coefficient (Wildman–Crippen LogP) is -1.44. The molecule has 0 spiro atoms. The van der Waals surface area contributed by atoms with Crippen LogP contribution < -0.4 is 29.6 Å². The predicted molar refractivity (Wildman–Crippen MR) is 53.9 cm³/mol. The van der Waals surface area contributed by atoms with Crippen molar-refractivity contribution in [3.05, 3.63) is 35.9 Å². The first-order valence-corrected chi connectivity index (χ1v) is 6.13. The molecule has 0 aliphatic rings. The first kappa shape index (κ1) is 15.1.